The minimum atomic E-state index is -0.108. The highest BCUT2D eigenvalue weighted by atomic mass is 16.2. The van der Waals surface area contributed by atoms with Crippen LogP contribution in [0, 0.1) is 5.92 Å². The number of nitrogens with zero attached hydrogens (tertiary/aromatic N) is 3. The Morgan fingerprint density at radius 1 is 0.923 bits per heavy atom. The van der Waals surface area contributed by atoms with E-state index < -0.39 is 0 Å². The van der Waals surface area contributed by atoms with Gasteiger partial charge in [-0.15, -0.1) is 0 Å². The number of aromatic nitrogens is 1. The van der Waals surface area contributed by atoms with Crippen LogP contribution in [-0.4, -0.2) is 45.3 Å². The minimum Gasteiger partial charge on any atom is -0.345 e. The lowest BCUT2D eigenvalue weighted by Crippen LogP contribution is -2.47. The van der Waals surface area contributed by atoms with Crippen LogP contribution in [0.5, 0.6) is 0 Å². The van der Waals surface area contributed by atoms with Crippen molar-refractivity contribution in [3.05, 3.63) is 102 Å². The fourth-order valence-corrected chi connectivity index (χ4v) is 5.29. The third-order valence-electron chi connectivity index (χ3n) is 7.62. The number of benzene rings is 2. The number of rotatable bonds is 12. The average Bonchev–Trinajstić information content (AvgIpc) is 3.40. The Kier molecular flexibility index (Phi) is 10.6. The van der Waals surface area contributed by atoms with Gasteiger partial charge in [-0.2, -0.15) is 0 Å². The molecule has 5 heteroatoms. The molecule has 1 heterocycles. The van der Waals surface area contributed by atoms with Crippen molar-refractivity contribution in [2.24, 2.45) is 5.92 Å². The molecule has 0 N–H and O–H groups in total. The number of hydrogen-bond acceptors (Lipinski definition) is 2. The smallest absolute Gasteiger partial charge is 0.247 e. The number of carbonyl (C=O) groups is 2. The van der Waals surface area contributed by atoms with Crippen molar-refractivity contribution in [2.75, 3.05) is 13.1 Å². The van der Waals surface area contributed by atoms with Crippen molar-refractivity contribution in [3.63, 3.8) is 0 Å². The Labute approximate surface area is 234 Å². The molecular formula is C34H43N3O2. The highest BCUT2D eigenvalue weighted by Gasteiger charge is 2.28. The van der Waals surface area contributed by atoms with E-state index in [9.17, 15) is 9.59 Å². The van der Waals surface area contributed by atoms with E-state index in [-0.39, 0.29) is 24.4 Å². The van der Waals surface area contributed by atoms with Gasteiger partial charge in [-0.25, -0.2) is 0 Å². The number of amides is 2. The fourth-order valence-electron chi connectivity index (χ4n) is 5.29. The first-order valence-electron chi connectivity index (χ1n) is 14.5. The van der Waals surface area contributed by atoms with E-state index in [2.05, 4.69) is 65.9 Å². The SMILES string of the molecule is CC(C)CCN(CC(=O)N(Cc1cccn1Cc1ccccc1)C1CCCCC1)C(=O)C=Cc1ccccc1. The van der Waals surface area contributed by atoms with Crippen molar-refractivity contribution >= 4 is 17.9 Å². The third-order valence-corrected chi connectivity index (χ3v) is 7.62. The molecular weight excluding hydrogens is 482 g/mol. The summed E-state index contributed by atoms with van der Waals surface area (Å²) in [6.07, 6.45) is 12.0. The second kappa shape index (κ2) is 14.5. The molecule has 1 saturated carbocycles. The molecule has 39 heavy (non-hydrogen) atoms. The van der Waals surface area contributed by atoms with Crippen LogP contribution < -0.4 is 0 Å². The van der Waals surface area contributed by atoms with Crippen LogP contribution in [-0.2, 0) is 22.7 Å². The highest BCUT2D eigenvalue weighted by Crippen LogP contribution is 2.25. The summed E-state index contributed by atoms with van der Waals surface area (Å²) in [4.78, 5) is 31.1. The van der Waals surface area contributed by atoms with Crippen LogP contribution in [0.15, 0.2) is 85.1 Å². The van der Waals surface area contributed by atoms with Crippen LogP contribution in [0.4, 0.5) is 0 Å². The molecule has 0 atom stereocenters. The van der Waals surface area contributed by atoms with Gasteiger partial charge in [0.15, 0.2) is 0 Å². The summed E-state index contributed by atoms with van der Waals surface area (Å²) >= 11 is 0. The Hall–Kier alpha value is -3.60. The average molecular weight is 526 g/mol. The summed E-state index contributed by atoms with van der Waals surface area (Å²) in [5, 5.41) is 0. The molecule has 4 rings (SSSR count). The number of hydrogen-bond donors (Lipinski definition) is 0. The van der Waals surface area contributed by atoms with Gasteiger partial charge in [0.05, 0.1) is 6.54 Å². The second-order valence-corrected chi connectivity index (χ2v) is 11.1. The molecule has 1 aliphatic carbocycles. The lowest BCUT2D eigenvalue weighted by molar-refractivity contribution is -0.141. The van der Waals surface area contributed by atoms with Crippen LogP contribution in [0.1, 0.15) is 69.2 Å². The molecule has 0 spiro atoms. The van der Waals surface area contributed by atoms with Crippen molar-refractivity contribution in [2.45, 2.75) is 71.5 Å². The summed E-state index contributed by atoms with van der Waals surface area (Å²) in [6.45, 7) is 6.33. The zero-order chi connectivity index (χ0) is 27.5. The molecule has 0 bridgehead atoms. The molecule has 0 aliphatic heterocycles. The highest BCUT2D eigenvalue weighted by molar-refractivity contribution is 5.94. The van der Waals surface area contributed by atoms with Gasteiger partial charge in [-0.3, -0.25) is 9.59 Å². The third kappa shape index (κ3) is 8.71. The first kappa shape index (κ1) is 28.4. The van der Waals surface area contributed by atoms with Gasteiger partial charge in [-0.1, -0.05) is 93.8 Å². The van der Waals surface area contributed by atoms with Gasteiger partial charge in [0, 0.05) is 37.1 Å². The summed E-state index contributed by atoms with van der Waals surface area (Å²) in [6, 6.07) is 24.7. The van der Waals surface area contributed by atoms with E-state index in [0.29, 0.717) is 19.0 Å². The van der Waals surface area contributed by atoms with Crippen LogP contribution >= 0.6 is 0 Å². The van der Waals surface area contributed by atoms with Gasteiger partial charge in [-0.05, 0) is 54.5 Å². The fraction of sp³-hybridized carbons (Fsp3) is 0.412. The normalized spacial score (nSPS) is 14.1. The van der Waals surface area contributed by atoms with Gasteiger partial charge >= 0.3 is 0 Å². The Balaban J connectivity index is 1.51. The topological polar surface area (TPSA) is 45.6 Å². The molecule has 0 saturated heterocycles. The van der Waals surface area contributed by atoms with E-state index in [1.54, 1.807) is 11.0 Å². The van der Waals surface area contributed by atoms with Crippen molar-refractivity contribution in [1.82, 2.24) is 14.4 Å². The Bertz CT molecular complexity index is 1190. The Morgan fingerprint density at radius 3 is 2.31 bits per heavy atom. The van der Waals surface area contributed by atoms with Gasteiger partial charge in [0.1, 0.15) is 6.54 Å². The lowest BCUT2D eigenvalue weighted by atomic mass is 9.94. The van der Waals surface area contributed by atoms with Crippen molar-refractivity contribution in [3.8, 4) is 0 Å². The quantitative estimate of drug-likeness (QED) is 0.245. The molecule has 0 unspecified atom stereocenters. The molecule has 0 radical (unpaired) electrons. The predicted octanol–water partition coefficient (Wildman–Crippen LogP) is 6.79. The van der Waals surface area contributed by atoms with Crippen LogP contribution in [0.25, 0.3) is 6.08 Å². The zero-order valence-electron chi connectivity index (χ0n) is 23.5. The molecule has 1 aromatic heterocycles. The van der Waals surface area contributed by atoms with Gasteiger partial charge in [0.25, 0.3) is 0 Å². The van der Waals surface area contributed by atoms with E-state index in [1.165, 1.54) is 12.0 Å². The first-order valence-corrected chi connectivity index (χ1v) is 14.5. The largest absolute Gasteiger partial charge is 0.345 e. The standard InChI is InChI=1S/C34H43N3O2/c1-28(2)22-24-36(33(38)21-20-29-13-6-3-7-14-29)27-34(39)37(31-17-10-5-11-18-31)26-32-19-12-23-35(32)25-30-15-8-4-9-16-30/h3-4,6-9,12-16,19-21,23,28,31H,5,10-11,17-18,22,24-27H2,1-2H3. The minimum absolute atomic E-state index is 0.0413. The van der Waals surface area contributed by atoms with Crippen molar-refractivity contribution in [1.29, 1.82) is 0 Å². The maximum atomic E-state index is 14.0. The summed E-state index contributed by atoms with van der Waals surface area (Å²) < 4.78 is 2.24. The molecule has 3 aromatic rings. The molecule has 2 amide bonds. The van der Waals surface area contributed by atoms with Crippen molar-refractivity contribution < 1.29 is 9.59 Å². The first-order chi connectivity index (χ1) is 19.0. The van der Waals surface area contributed by atoms with E-state index in [1.807, 2.05) is 42.5 Å². The summed E-state index contributed by atoms with van der Waals surface area (Å²) in [5.74, 6) is 0.382. The molecule has 1 aliphatic rings. The molecule has 206 valence electrons. The monoisotopic (exact) mass is 525 g/mol. The van der Waals surface area contributed by atoms with Crippen LogP contribution in [0.3, 0.4) is 0 Å². The van der Waals surface area contributed by atoms with Crippen LogP contribution in [0.2, 0.25) is 0 Å². The number of carbonyl (C=O) groups excluding carboxylic acids is 2. The maximum Gasteiger partial charge on any atom is 0.247 e. The summed E-state index contributed by atoms with van der Waals surface area (Å²) in [5.41, 5.74) is 3.34. The summed E-state index contributed by atoms with van der Waals surface area (Å²) in [7, 11) is 0. The van der Waals surface area contributed by atoms with E-state index >= 15 is 0 Å². The van der Waals surface area contributed by atoms with E-state index in [4.69, 9.17) is 0 Å². The molecule has 5 nitrogen and oxygen atoms in total. The Morgan fingerprint density at radius 2 is 1.62 bits per heavy atom. The predicted molar refractivity (Wildman–Crippen MR) is 159 cm³/mol. The second-order valence-electron chi connectivity index (χ2n) is 11.1. The molecule has 1 fully saturated rings. The van der Waals surface area contributed by atoms with E-state index in [0.717, 1.165) is 49.9 Å². The zero-order valence-corrected chi connectivity index (χ0v) is 23.5. The maximum absolute atomic E-state index is 14.0. The lowest BCUT2D eigenvalue weighted by Gasteiger charge is -2.36. The molecule has 2 aromatic carbocycles. The van der Waals surface area contributed by atoms with Gasteiger partial charge < -0.3 is 14.4 Å². The van der Waals surface area contributed by atoms with Gasteiger partial charge in [0.2, 0.25) is 11.8 Å².